The van der Waals surface area contributed by atoms with E-state index in [-0.39, 0.29) is 12.5 Å². The molecule has 0 fully saturated rings. The Morgan fingerprint density at radius 1 is 1.00 bits per heavy atom. The van der Waals surface area contributed by atoms with E-state index in [1.165, 1.54) is 17.3 Å². The van der Waals surface area contributed by atoms with Gasteiger partial charge in [0.1, 0.15) is 0 Å². The number of carboxylic acid groups (broad SMARTS) is 1. The predicted octanol–water partition coefficient (Wildman–Crippen LogP) is 5.26. The minimum Gasteiger partial charge on any atom is -0.481 e. The molecule has 0 aliphatic carbocycles. The fourth-order valence-electron chi connectivity index (χ4n) is 3.69. The molecule has 2 aromatic carbocycles. The molecule has 0 saturated heterocycles. The minimum absolute atomic E-state index is 0.0663. The first-order chi connectivity index (χ1) is 16.0. The number of anilines is 2. The van der Waals surface area contributed by atoms with E-state index in [0.29, 0.717) is 25.4 Å². The molecule has 33 heavy (non-hydrogen) atoms. The summed E-state index contributed by atoms with van der Waals surface area (Å²) in [5, 5.41) is 16.1. The zero-order valence-corrected chi connectivity index (χ0v) is 19.9. The molecule has 0 unspecified atom stereocenters. The van der Waals surface area contributed by atoms with Crippen LogP contribution in [0.25, 0.3) is 0 Å². The van der Waals surface area contributed by atoms with Crippen molar-refractivity contribution in [3.63, 3.8) is 0 Å². The molecule has 0 saturated carbocycles. The summed E-state index contributed by atoms with van der Waals surface area (Å²) in [5.41, 5.74) is 2.97. The third-order valence-corrected chi connectivity index (χ3v) is 6.75. The molecule has 178 valence electrons. The number of para-hydroxylation sites is 2. The molecule has 0 aromatic heterocycles. The molecule has 8 heteroatoms. The SMILES string of the molecule is CCCCOC(=O)N(CCCSC1(CC(=O)O)Nc2ccccc2N1)CCc1ccccc1. The van der Waals surface area contributed by atoms with E-state index in [4.69, 9.17) is 4.74 Å². The lowest BCUT2D eigenvalue weighted by Crippen LogP contribution is -2.41. The van der Waals surface area contributed by atoms with Crippen molar-refractivity contribution < 1.29 is 19.4 Å². The van der Waals surface area contributed by atoms with Gasteiger partial charge in [-0.05, 0) is 42.7 Å². The van der Waals surface area contributed by atoms with Crippen LogP contribution in [0.3, 0.4) is 0 Å². The van der Waals surface area contributed by atoms with Gasteiger partial charge in [0.25, 0.3) is 0 Å². The summed E-state index contributed by atoms with van der Waals surface area (Å²) in [7, 11) is 0. The van der Waals surface area contributed by atoms with E-state index < -0.39 is 11.0 Å². The third kappa shape index (κ3) is 7.60. The standard InChI is InChI=1S/C25H33N3O4S/c1-2-3-17-32-24(31)28(16-14-20-10-5-4-6-11-20)15-9-18-33-25(19-23(29)30)26-21-12-7-8-13-22(21)27-25/h4-8,10-13,26-27H,2-3,9,14-19H2,1H3,(H,29,30). The molecule has 1 amide bonds. The van der Waals surface area contributed by atoms with Gasteiger partial charge in [0, 0.05) is 13.1 Å². The monoisotopic (exact) mass is 471 g/mol. The van der Waals surface area contributed by atoms with Gasteiger partial charge in [-0.2, -0.15) is 0 Å². The maximum Gasteiger partial charge on any atom is 0.409 e. The van der Waals surface area contributed by atoms with Crippen LogP contribution in [-0.2, 0) is 16.0 Å². The summed E-state index contributed by atoms with van der Waals surface area (Å²) < 4.78 is 5.46. The highest BCUT2D eigenvalue weighted by molar-refractivity contribution is 8.00. The average Bonchev–Trinajstić information content (AvgIpc) is 3.16. The van der Waals surface area contributed by atoms with Crippen molar-refractivity contribution in [1.82, 2.24) is 4.90 Å². The molecule has 1 aliphatic heterocycles. The largest absolute Gasteiger partial charge is 0.481 e. The number of unbranched alkanes of at least 4 members (excludes halogenated alkanes) is 1. The number of carboxylic acids is 1. The van der Waals surface area contributed by atoms with Gasteiger partial charge in [-0.25, -0.2) is 4.79 Å². The van der Waals surface area contributed by atoms with Gasteiger partial charge in [-0.3, -0.25) is 4.79 Å². The molecule has 7 nitrogen and oxygen atoms in total. The molecule has 2 aromatic rings. The number of ether oxygens (including phenoxy) is 1. The van der Waals surface area contributed by atoms with Gasteiger partial charge in [0.15, 0.2) is 4.99 Å². The highest BCUT2D eigenvalue weighted by Gasteiger charge is 2.38. The zero-order chi connectivity index (χ0) is 23.5. The van der Waals surface area contributed by atoms with Gasteiger partial charge < -0.3 is 25.4 Å². The molecule has 0 spiro atoms. The highest BCUT2D eigenvalue weighted by atomic mass is 32.2. The lowest BCUT2D eigenvalue weighted by Gasteiger charge is -2.29. The van der Waals surface area contributed by atoms with Crippen molar-refractivity contribution in [2.24, 2.45) is 0 Å². The molecule has 0 atom stereocenters. The Morgan fingerprint density at radius 3 is 2.30 bits per heavy atom. The Labute approximate surface area is 199 Å². The smallest absolute Gasteiger partial charge is 0.409 e. The number of rotatable bonds is 13. The summed E-state index contributed by atoms with van der Waals surface area (Å²) in [4.78, 5) is 25.1. The fourth-order valence-corrected chi connectivity index (χ4v) is 4.90. The molecule has 3 N–H and O–H groups in total. The first-order valence-electron chi connectivity index (χ1n) is 11.5. The average molecular weight is 472 g/mol. The number of nitrogens with one attached hydrogen (secondary N) is 2. The summed E-state index contributed by atoms with van der Waals surface area (Å²) >= 11 is 1.52. The summed E-state index contributed by atoms with van der Waals surface area (Å²) in [6, 6.07) is 17.8. The van der Waals surface area contributed by atoms with E-state index in [2.05, 4.69) is 29.7 Å². The highest BCUT2D eigenvalue weighted by Crippen LogP contribution is 2.41. The first kappa shape index (κ1) is 24.8. The van der Waals surface area contributed by atoms with Gasteiger partial charge in [0.2, 0.25) is 0 Å². The summed E-state index contributed by atoms with van der Waals surface area (Å²) in [6.07, 6.45) is 2.96. The Morgan fingerprint density at radius 2 is 1.67 bits per heavy atom. The van der Waals surface area contributed by atoms with Crippen LogP contribution in [0.5, 0.6) is 0 Å². The van der Waals surface area contributed by atoms with Gasteiger partial charge in [0.05, 0.1) is 24.4 Å². The minimum atomic E-state index is -0.876. The van der Waals surface area contributed by atoms with Crippen LogP contribution in [0, 0.1) is 0 Å². The Balaban J connectivity index is 1.54. The van der Waals surface area contributed by atoms with Crippen molar-refractivity contribution in [2.75, 3.05) is 36.1 Å². The van der Waals surface area contributed by atoms with Crippen molar-refractivity contribution >= 4 is 35.2 Å². The van der Waals surface area contributed by atoms with E-state index in [9.17, 15) is 14.7 Å². The fraction of sp³-hybridized carbons (Fsp3) is 0.440. The molecule has 1 heterocycles. The van der Waals surface area contributed by atoms with Crippen LogP contribution in [0.4, 0.5) is 16.2 Å². The predicted molar refractivity (Wildman–Crippen MR) is 134 cm³/mol. The van der Waals surface area contributed by atoms with Crippen molar-refractivity contribution in [2.45, 2.75) is 44.0 Å². The number of amides is 1. The number of aliphatic carboxylic acids is 1. The molecular weight excluding hydrogens is 438 g/mol. The Bertz CT molecular complexity index is 885. The summed E-state index contributed by atoms with van der Waals surface area (Å²) in [6.45, 7) is 3.64. The number of fused-ring (bicyclic) bond motifs is 1. The van der Waals surface area contributed by atoms with Crippen molar-refractivity contribution in [1.29, 1.82) is 0 Å². The second-order valence-corrected chi connectivity index (χ2v) is 9.48. The van der Waals surface area contributed by atoms with Crippen LogP contribution >= 0.6 is 11.8 Å². The maximum absolute atomic E-state index is 12.6. The first-order valence-corrected chi connectivity index (χ1v) is 12.5. The van der Waals surface area contributed by atoms with Crippen LogP contribution in [0.15, 0.2) is 54.6 Å². The maximum atomic E-state index is 12.6. The van der Waals surface area contributed by atoms with Gasteiger partial charge in [-0.15, -0.1) is 11.8 Å². The van der Waals surface area contributed by atoms with Gasteiger partial charge in [-0.1, -0.05) is 55.8 Å². The van der Waals surface area contributed by atoms with Gasteiger partial charge >= 0.3 is 12.1 Å². The normalized spacial score (nSPS) is 13.5. The topological polar surface area (TPSA) is 90.9 Å². The lowest BCUT2D eigenvalue weighted by atomic mass is 10.1. The molecule has 1 aliphatic rings. The van der Waals surface area contributed by atoms with Crippen LogP contribution in [0.1, 0.15) is 38.2 Å². The number of hydrogen-bond donors (Lipinski definition) is 3. The number of benzene rings is 2. The van der Waals surface area contributed by atoms with Crippen LogP contribution < -0.4 is 10.6 Å². The second kappa shape index (κ2) is 12.4. The molecular formula is C25H33N3O4S. The summed E-state index contributed by atoms with van der Waals surface area (Å²) in [5.74, 6) is -0.190. The second-order valence-electron chi connectivity index (χ2n) is 8.09. The lowest BCUT2D eigenvalue weighted by molar-refractivity contribution is -0.137. The number of hydrogen-bond acceptors (Lipinski definition) is 6. The molecule has 3 rings (SSSR count). The van der Waals surface area contributed by atoms with E-state index in [1.807, 2.05) is 42.5 Å². The Kier molecular flexibility index (Phi) is 9.30. The van der Waals surface area contributed by atoms with E-state index in [1.54, 1.807) is 4.90 Å². The van der Waals surface area contributed by atoms with Crippen molar-refractivity contribution in [3.05, 3.63) is 60.2 Å². The quantitative estimate of drug-likeness (QED) is 0.343. The number of carbonyl (C=O) groups is 2. The number of nitrogens with zero attached hydrogens (tertiary/aromatic N) is 1. The number of thioether (sulfide) groups is 1. The van der Waals surface area contributed by atoms with Crippen LogP contribution in [-0.4, -0.2) is 52.5 Å². The zero-order valence-electron chi connectivity index (χ0n) is 19.1. The van der Waals surface area contributed by atoms with Crippen molar-refractivity contribution in [3.8, 4) is 0 Å². The number of carbonyl (C=O) groups excluding carboxylic acids is 1. The van der Waals surface area contributed by atoms with E-state index >= 15 is 0 Å². The molecule has 0 bridgehead atoms. The Hall–Kier alpha value is -2.87. The van der Waals surface area contributed by atoms with E-state index in [0.717, 1.165) is 37.1 Å². The third-order valence-electron chi connectivity index (χ3n) is 5.42. The van der Waals surface area contributed by atoms with Crippen LogP contribution in [0.2, 0.25) is 0 Å². The molecule has 0 radical (unpaired) electrons.